The van der Waals surface area contributed by atoms with Gasteiger partial charge in [0.25, 0.3) is 0 Å². The lowest BCUT2D eigenvalue weighted by molar-refractivity contribution is -0.147. The maximum atomic E-state index is 12.8. The highest BCUT2D eigenvalue weighted by atomic mass is 16.5. The summed E-state index contributed by atoms with van der Waals surface area (Å²) in [5.74, 6) is -0.875. The molecule has 1 atom stereocenters. The summed E-state index contributed by atoms with van der Waals surface area (Å²) in [6.07, 6.45) is -0.931. The fourth-order valence-corrected chi connectivity index (χ4v) is 3.38. The first-order chi connectivity index (χ1) is 13.2. The van der Waals surface area contributed by atoms with E-state index in [-0.39, 0.29) is 18.0 Å². The molecule has 146 valence electrons. The van der Waals surface area contributed by atoms with Crippen molar-refractivity contribution in [1.29, 1.82) is 0 Å². The summed E-state index contributed by atoms with van der Waals surface area (Å²) >= 11 is 0. The number of nitrogens with zero attached hydrogens (tertiary/aromatic N) is 2. The van der Waals surface area contributed by atoms with Crippen molar-refractivity contribution in [3.8, 4) is 0 Å². The van der Waals surface area contributed by atoms with Gasteiger partial charge in [0.05, 0.1) is 11.0 Å². The molecule has 0 saturated heterocycles. The Morgan fingerprint density at radius 3 is 2.29 bits per heavy atom. The minimum absolute atomic E-state index is 0.246. The van der Waals surface area contributed by atoms with Gasteiger partial charge in [0.2, 0.25) is 5.78 Å². The predicted molar refractivity (Wildman–Crippen MR) is 108 cm³/mol. The summed E-state index contributed by atoms with van der Waals surface area (Å²) < 4.78 is 8.19. The third-order valence-electron chi connectivity index (χ3n) is 5.12. The number of hydrogen-bond acceptors (Lipinski definition) is 4. The Bertz CT molecular complexity index is 1140. The van der Waals surface area contributed by atoms with Gasteiger partial charge in [0.1, 0.15) is 6.54 Å². The molecule has 0 aliphatic heterocycles. The minimum Gasteiger partial charge on any atom is -0.453 e. The van der Waals surface area contributed by atoms with Gasteiger partial charge in [-0.1, -0.05) is 18.2 Å². The maximum Gasteiger partial charge on any atom is 0.329 e. The summed E-state index contributed by atoms with van der Waals surface area (Å²) in [4.78, 5) is 37.6. The van der Waals surface area contributed by atoms with E-state index in [1.807, 2.05) is 45.0 Å². The van der Waals surface area contributed by atoms with Gasteiger partial charge in [0.15, 0.2) is 6.10 Å². The van der Waals surface area contributed by atoms with Crippen LogP contribution in [0.2, 0.25) is 0 Å². The average Bonchev–Trinajstić information content (AvgIpc) is 2.89. The number of imidazole rings is 1. The van der Waals surface area contributed by atoms with Gasteiger partial charge in [-0.2, -0.15) is 0 Å². The standard InChI is InChI=1S/C22H24N2O4/c1-13-10-15(3)17(11-14(13)2)21(26)16(4)28-20(25)12-24-19-9-7-6-8-18(19)23(5)22(24)27/h6-11,16H,12H2,1-5H3/t16-/m1/s1. The van der Waals surface area contributed by atoms with Gasteiger partial charge in [-0.05, 0) is 62.6 Å². The van der Waals surface area contributed by atoms with Gasteiger partial charge in [-0.25, -0.2) is 4.79 Å². The molecule has 0 spiro atoms. The van der Waals surface area contributed by atoms with E-state index in [2.05, 4.69) is 0 Å². The van der Waals surface area contributed by atoms with Crippen LogP contribution in [0.15, 0.2) is 41.2 Å². The SMILES string of the molecule is Cc1cc(C)c(C(=O)[C@@H](C)OC(=O)Cn2c(=O)n(C)c3ccccc32)cc1C. The molecule has 0 saturated carbocycles. The van der Waals surface area contributed by atoms with Crippen LogP contribution in [0.25, 0.3) is 11.0 Å². The molecule has 1 heterocycles. The molecule has 3 rings (SSSR count). The number of aryl methyl sites for hydroxylation is 4. The molecule has 0 unspecified atom stereocenters. The number of benzene rings is 2. The molecule has 0 N–H and O–H groups in total. The molecular formula is C22H24N2O4. The van der Waals surface area contributed by atoms with Crippen molar-refractivity contribution in [1.82, 2.24) is 9.13 Å². The molecule has 0 amide bonds. The van der Waals surface area contributed by atoms with Crippen molar-refractivity contribution >= 4 is 22.8 Å². The molecule has 6 heteroatoms. The van der Waals surface area contributed by atoms with Crippen molar-refractivity contribution in [2.24, 2.45) is 7.05 Å². The topological polar surface area (TPSA) is 70.3 Å². The zero-order chi connectivity index (χ0) is 20.6. The minimum atomic E-state index is -0.931. The lowest BCUT2D eigenvalue weighted by Gasteiger charge is -2.15. The molecule has 2 aromatic carbocycles. The van der Waals surface area contributed by atoms with Crippen LogP contribution in [-0.2, 0) is 23.1 Å². The van der Waals surface area contributed by atoms with Crippen LogP contribution in [0.1, 0.15) is 34.0 Å². The third-order valence-corrected chi connectivity index (χ3v) is 5.12. The number of hydrogen-bond donors (Lipinski definition) is 0. The quantitative estimate of drug-likeness (QED) is 0.504. The number of Topliss-reactive ketones (excluding diaryl/α,β-unsaturated/α-hetero) is 1. The number of ether oxygens (including phenoxy) is 1. The number of aromatic nitrogens is 2. The van der Waals surface area contributed by atoms with Crippen molar-refractivity contribution in [2.45, 2.75) is 40.3 Å². The molecule has 3 aromatic rings. The van der Waals surface area contributed by atoms with Crippen LogP contribution in [0, 0.1) is 20.8 Å². The van der Waals surface area contributed by atoms with E-state index in [1.165, 1.54) is 9.13 Å². The zero-order valence-corrected chi connectivity index (χ0v) is 16.8. The zero-order valence-electron chi connectivity index (χ0n) is 16.8. The second-order valence-electron chi connectivity index (χ2n) is 7.16. The second-order valence-corrected chi connectivity index (χ2v) is 7.16. The first kappa shape index (κ1) is 19.6. The average molecular weight is 380 g/mol. The Balaban J connectivity index is 1.79. The van der Waals surface area contributed by atoms with Crippen molar-refractivity contribution < 1.29 is 14.3 Å². The molecule has 28 heavy (non-hydrogen) atoms. The number of rotatable bonds is 5. The first-order valence-electron chi connectivity index (χ1n) is 9.16. The molecule has 0 fully saturated rings. The van der Waals surface area contributed by atoms with Crippen LogP contribution >= 0.6 is 0 Å². The Morgan fingerprint density at radius 2 is 1.61 bits per heavy atom. The van der Waals surface area contributed by atoms with Crippen LogP contribution in [0.3, 0.4) is 0 Å². The van der Waals surface area contributed by atoms with Gasteiger partial charge in [-0.3, -0.25) is 18.7 Å². The van der Waals surface area contributed by atoms with E-state index >= 15 is 0 Å². The van der Waals surface area contributed by atoms with E-state index in [0.29, 0.717) is 11.1 Å². The van der Waals surface area contributed by atoms with Crippen LogP contribution in [0.5, 0.6) is 0 Å². The van der Waals surface area contributed by atoms with Crippen molar-refractivity contribution in [3.63, 3.8) is 0 Å². The van der Waals surface area contributed by atoms with E-state index < -0.39 is 12.1 Å². The lowest BCUT2D eigenvalue weighted by Crippen LogP contribution is -2.30. The maximum absolute atomic E-state index is 12.8. The molecular weight excluding hydrogens is 356 g/mol. The highest BCUT2D eigenvalue weighted by Gasteiger charge is 2.23. The van der Waals surface area contributed by atoms with Crippen LogP contribution < -0.4 is 5.69 Å². The largest absolute Gasteiger partial charge is 0.453 e. The summed E-state index contributed by atoms with van der Waals surface area (Å²) in [6.45, 7) is 7.10. The van der Waals surface area contributed by atoms with E-state index in [1.54, 1.807) is 26.1 Å². The molecule has 6 nitrogen and oxygen atoms in total. The van der Waals surface area contributed by atoms with Crippen molar-refractivity contribution in [3.05, 3.63) is 69.1 Å². The van der Waals surface area contributed by atoms with E-state index in [0.717, 1.165) is 22.2 Å². The van der Waals surface area contributed by atoms with E-state index in [4.69, 9.17) is 4.74 Å². The van der Waals surface area contributed by atoms with Crippen molar-refractivity contribution in [2.75, 3.05) is 0 Å². The molecule has 0 aliphatic rings. The number of para-hydroxylation sites is 2. The number of fused-ring (bicyclic) bond motifs is 1. The number of carbonyl (C=O) groups excluding carboxylic acids is 2. The van der Waals surface area contributed by atoms with Crippen LogP contribution in [0.4, 0.5) is 0 Å². The Morgan fingerprint density at radius 1 is 1.00 bits per heavy atom. The molecule has 0 bridgehead atoms. The predicted octanol–water partition coefficient (Wildman–Crippen LogP) is 3.08. The molecule has 0 aliphatic carbocycles. The summed E-state index contributed by atoms with van der Waals surface area (Å²) in [6, 6.07) is 11.0. The fraction of sp³-hybridized carbons (Fsp3) is 0.318. The monoisotopic (exact) mass is 380 g/mol. The van der Waals surface area contributed by atoms with Gasteiger partial charge in [0, 0.05) is 12.6 Å². The second kappa shape index (κ2) is 7.46. The lowest BCUT2D eigenvalue weighted by atomic mass is 9.96. The number of esters is 1. The van der Waals surface area contributed by atoms with Gasteiger partial charge >= 0.3 is 11.7 Å². The number of ketones is 1. The highest BCUT2D eigenvalue weighted by molar-refractivity contribution is 6.01. The first-order valence-corrected chi connectivity index (χ1v) is 9.16. The highest BCUT2D eigenvalue weighted by Crippen LogP contribution is 2.18. The molecule has 0 radical (unpaired) electrons. The summed E-state index contributed by atoms with van der Waals surface area (Å²) in [5.41, 5.74) is 4.59. The van der Waals surface area contributed by atoms with E-state index in [9.17, 15) is 14.4 Å². The fourth-order valence-electron chi connectivity index (χ4n) is 3.38. The van der Waals surface area contributed by atoms with Crippen LogP contribution in [-0.4, -0.2) is 27.0 Å². The summed E-state index contributed by atoms with van der Waals surface area (Å²) in [7, 11) is 1.65. The normalized spacial score (nSPS) is 12.2. The smallest absolute Gasteiger partial charge is 0.329 e. The Hall–Kier alpha value is -3.15. The summed E-state index contributed by atoms with van der Waals surface area (Å²) in [5, 5.41) is 0. The van der Waals surface area contributed by atoms with Gasteiger partial charge < -0.3 is 4.74 Å². The Labute approximate surface area is 163 Å². The van der Waals surface area contributed by atoms with Gasteiger partial charge in [-0.15, -0.1) is 0 Å². The third kappa shape index (κ3) is 3.50. The Kier molecular flexibility index (Phi) is 5.23. The number of carbonyl (C=O) groups is 2. The molecule has 1 aromatic heterocycles.